The molecule has 0 spiro atoms. The highest BCUT2D eigenvalue weighted by molar-refractivity contribution is 5.81. The summed E-state index contributed by atoms with van der Waals surface area (Å²) in [6, 6.07) is -1.00. The van der Waals surface area contributed by atoms with Gasteiger partial charge in [-0.2, -0.15) is 26.3 Å². The molecule has 0 radical (unpaired) electrons. The lowest BCUT2D eigenvalue weighted by atomic mass is 10.0. The van der Waals surface area contributed by atoms with E-state index in [2.05, 4.69) is 0 Å². The van der Waals surface area contributed by atoms with Crippen LogP contribution in [-0.4, -0.2) is 47.5 Å². The molecule has 112 valence electrons. The summed E-state index contributed by atoms with van der Waals surface area (Å²) in [4.78, 5) is 12.0. The number of amides is 1. The minimum absolute atomic E-state index is 0.214. The second-order valence-corrected chi connectivity index (χ2v) is 4.56. The van der Waals surface area contributed by atoms with Crippen LogP contribution in [0.3, 0.4) is 0 Å². The molecule has 2 atom stereocenters. The van der Waals surface area contributed by atoms with E-state index in [0.717, 1.165) is 0 Å². The smallest absolute Gasteiger partial charge is 0.394 e. The van der Waals surface area contributed by atoms with Crippen molar-refractivity contribution in [1.82, 2.24) is 4.90 Å². The molecule has 1 amide bonds. The van der Waals surface area contributed by atoms with E-state index >= 15 is 0 Å². The van der Waals surface area contributed by atoms with E-state index in [1.165, 1.54) is 0 Å². The fourth-order valence-corrected chi connectivity index (χ4v) is 2.19. The summed E-state index contributed by atoms with van der Waals surface area (Å²) in [5.41, 5.74) is 0. The zero-order chi connectivity index (χ0) is 15.0. The van der Waals surface area contributed by atoms with Gasteiger partial charge in [-0.05, 0) is 12.3 Å². The van der Waals surface area contributed by atoms with Crippen LogP contribution in [0, 0.1) is 11.8 Å². The van der Waals surface area contributed by atoms with Crippen LogP contribution in [0.2, 0.25) is 0 Å². The lowest BCUT2D eigenvalue weighted by Gasteiger charge is -2.31. The van der Waals surface area contributed by atoms with Crippen LogP contribution in [0.5, 0.6) is 0 Å². The van der Waals surface area contributed by atoms with Crippen molar-refractivity contribution in [2.45, 2.75) is 31.7 Å². The van der Waals surface area contributed by atoms with Gasteiger partial charge in [-0.25, -0.2) is 0 Å². The first-order chi connectivity index (χ1) is 8.50. The number of aliphatic hydroxyl groups is 1. The quantitative estimate of drug-likeness (QED) is 0.791. The first-order valence-electron chi connectivity index (χ1n) is 5.55. The summed E-state index contributed by atoms with van der Waals surface area (Å²) in [7, 11) is 0. The minimum Gasteiger partial charge on any atom is -0.394 e. The topological polar surface area (TPSA) is 40.5 Å². The molecule has 0 aromatic carbocycles. The van der Waals surface area contributed by atoms with Crippen molar-refractivity contribution in [1.29, 1.82) is 0 Å². The maximum Gasteiger partial charge on any atom is 0.409 e. The number of carbonyl (C=O) groups is 1. The molecule has 1 heterocycles. The van der Waals surface area contributed by atoms with Crippen LogP contribution in [-0.2, 0) is 4.79 Å². The zero-order valence-corrected chi connectivity index (χ0v) is 9.92. The van der Waals surface area contributed by atoms with Crippen molar-refractivity contribution in [3.05, 3.63) is 0 Å². The van der Waals surface area contributed by atoms with Gasteiger partial charge in [0.25, 0.3) is 0 Å². The molecule has 1 N–H and O–H groups in total. The molecule has 3 nitrogen and oxygen atoms in total. The highest BCUT2D eigenvalue weighted by Gasteiger charge is 2.62. The maximum atomic E-state index is 12.4. The van der Waals surface area contributed by atoms with Crippen LogP contribution in [0.25, 0.3) is 0 Å². The van der Waals surface area contributed by atoms with E-state index in [1.54, 1.807) is 6.92 Å². The predicted octanol–water partition coefficient (Wildman–Crippen LogP) is 1.96. The van der Waals surface area contributed by atoms with Gasteiger partial charge in [0.15, 0.2) is 0 Å². The van der Waals surface area contributed by atoms with Crippen molar-refractivity contribution in [2.75, 3.05) is 13.2 Å². The number of halogens is 6. The minimum atomic E-state index is -5.69. The number of alkyl halides is 6. The highest BCUT2D eigenvalue weighted by Crippen LogP contribution is 2.41. The third-order valence-electron chi connectivity index (χ3n) is 3.25. The molecule has 0 bridgehead atoms. The van der Waals surface area contributed by atoms with Crippen LogP contribution >= 0.6 is 0 Å². The molecule has 1 saturated heterocycles. The summed E-state index contributed by atoms with van der Waals surface area (Å²) < 4.78 is 74.5. The van der Waals surface area contributed by atoms with Crippen molar-refractivity contribution in [3.8, 4) is 0 Å². The van der Waals surface area contributed by atoms with Gasteiger partial charge in [-0.15, -0.1) is 0 Å². The fourth-order valence-electron chi connectivity index (χ4n) is 2.19. The molecule has 1 rings (SSSR count). The number of carbonyl (C=O) groups excluding carboxylic acids is 1. The average Bonchev–Trinajstić information content (AvgIpc) is 2.54. The first kappa shape index (κ1) is 16.1. The van der Waals surface area contributed by atoms with Gasteiger partial charge in [-0.3, -0.25) is 4.79 Å². The van der Waals surface area contributed by atoms with E-state index in [9.17, 15) is 31.1 Å². The molecule has 2 unspecified atom stereocenters. The molecular weight excluding hydrogens is 280 g/mol. The van der Waals surface area contributed by atoms with Gasteiger partial charge < -0.3 is 10.0 Å². The Bertz CT molecular complexity index is 326. The number of aliphatic hydroxyl groups excluding tert-OH is 1. The van der Waals surface area contributed by atoms with Crippen molar-refractivity contribution in [2.24, 2.45) is 11.8 Å². The summed E-state index contributed by atoms with van der Waals surface area (Å²) in [6.45, 7) is 0.688. The zero-order valence-electron chi connectivity index (χ0n) is 9.92. The third kappa shape index (κ3) is 3.31. The largest absolute Gasteiger partial charge is 0.409 e. The highest BCUT2D eigenvalue weighted by atomic mass is 19.4. The third-order valence-corrected chi connectivity index (χ3v) is 3.25. The molecule has 0 aromatic rings. The molecule has 0 aliphatic carbocycles. The summed E-state index contributed by atoms with van der Waals surface area (Å²) >= 11 is 0. The van der Waals surface area contributed by atoms with Gasteiger partial charge in [0.05, 0.1) is 12.6 Å². The molecule has 0 saturated carbocycles. The van der Waals surface area contributed by atoms with E-state index in [1.807, 2.05) is 0 Å². The van der Waals surface area contributed by atoms with Crippen molar-refractivity contribution < 1.29 is 36.2 Å². The number of hydrogen-bond donors (Lipinski definition) is 1. The lowest BCUT2D eigenvalue weighted by Crippen LogP contribution is -2.52. The molecule has 0 aromatic heterocycles. The Morgan fingerprint density at radius 1 is 1.26 bits per heavy atom. The summed E-state index contributed by atoms with van der Waals surface area (Å²) in [6.07, 6.45) is -11.1. The normalized spacial score (nSPS) is 25.2. The SMILES string of the molecule is CC1CCN(C(=O)C(C(F)(F)F)C(F)(F)F)C1CO. The van der Waals surface area contributed by atoms with E-state index in [-0.39, 0.29) is 18.9 Å². The Labute approximate surface area is 105 Å². The van der Waals surface area contributed by atoms with Gasteiger partial charge in [-0.1, -0.05) is 6.92 Å². The molecule has 9 heteroatoms. The number of rotatable bonds is 2. The lowest BCUT2D eigenvalue weighted by molar-refractivity contribution is -0.278. The van der Waals surface area contributed by atoms with Gasteiger partial charge >= 0.3 is 12.4 Å². The van der Waals surface area contributed by atoms with Crippen LogP contribution in [0.4, 0.5) is 26.3 Å². The van der Waals surface area contributed by atoms with E-state index in [0.29, 0.717) is 4.90 Å². The number of nitrogens with zero attached hydrogens (tertiary/aromatic N) is 1. The molecule has 1 aliphatic rings. The Morgan fingerprint density at radius 2 is 1.74 bits per heavy atom. The Morgan fingerprint density at radius 3 is 2.11 bits per heavy atom. The first-order valence-corrected chi connectivity index (χ1v) is 5.55. The monoisotopic (exact) mass is 293 g/mol. The Hall–Kier alpha value is -0.990. The van der Waals surface area contributed by atoms with Crippen molar-refractivity contribution in [3.63, 3.8) is 0 Å². The average molecular weight is 293 g/mol. The van der Waals surface area contributed by atoms with Gasteiger partial charge in [0, 0.05) is 6.54 Å². The van der Waals surface area contributed by atoms with Gasteiger partial charge in [0.1, 0.15) is 0 Å². The fraction of sp³-hybridized carbons (Fsp3) is 0.900. The van der Waals surface area contributed by atoms with Crippen molar-refractivity contribution >= 4 is 5.91 Å². The van der Waals surface area contributed by atoms with E-state index < -0.39 is 36.8 Å². The van der Waals surface area contributed by atoms with Crippen LogP contribution < -0.4 is 0 Å². The second kappa shape index (κ2) is 5.18. The maximum absolute atomic E-state index is 12.4. The molecule has 1 fully saturated rings. The molecule has 1 aliphatic heterocycles. The Kier molecular flexibility index (Phi) is 4.38. The molecular formula is C10H13F6NO2. The molecule has 19 heavy (non-hydrogen) atoms. The standard InChI is InChI=1S/C10H13F6NO2/c1-5-2-3-17(6(5)4-18)8(19)7(9(11,12)13)10(14,15)16/h5-7,18H,2-4H2,1H3. The number of likely N-dealkylation sites (tertiary alicyclic amines) is 1. The summed E-state index contributed by atoms with van der Waals surface area (Å²) in [5.74, 6) is -6.40. The second-order valence-electron chi connectivity index (χ2n) is 4.56. The van der Waals surface area contributed by atoms with E-state index in [4.69, 9.17) is 5.11 Å². The van der Waals surface area contributed by atoms with Crippen LogP contribution in [0.1, 0.15) is 13.3 Å². The summed E-state index contributed by atoms with van der Waals surface area (Å²) in [5, 5.41) is 8.99. The van der Waals surface area contributed by atoms with Gasteiger partial charge in [0.2, 0.25) is 11.8 Å². The van der Waals surface area contributed by atoms with Crippen LogP contribution in [0.15, 0.2) is 0 Å². The Balaban J connectivity index is 3.02. The number of hydrogen-bond acceptors (Lipinski definition) is 2. The predicted molar refractivity (Wildman–Crippen MR) is 52.0 cm³/mol.